The average molecular weight is 649 g/mol. The van der Waals surface area contributed by atoms with Crippen molar-refractivity contribution in [1.82, 2.24) is 20.2 Å². The monoisotopic (exact) mass is 648 g/mol. The van der Waals surface area contributed by atoms with E-state index in [1.54, 1.807) is 0 Å². The molecule has 3 saturated heterocycles. The van der Waals surface area contributed by atoms with E-state index < -0.39 is 23.4 Å². The largest absolute Gasteiger partial charge is 0.468 e. The Bertz CT molecular complexity index is 1760. The van der Waals surface area contributed by atoms with E-state index in [4.69, 9.17) is 27.2 Å². The van der Waals surface area contributed by atoms with Gasteiger partial charge in [0.15, 0.2) is 5.82 Å². The molecule has 0 aliphatic carbocycles. The summed E-state index contributed by atoms with van der Waals surface area (Å²) in [5.74, 6) is -1.49. The minimum Gasteiger partial charge on any atom is -0.468 e. The summed E-state index contributed by atoms with van der Waals surface area (Å²) in [6, 6.07) is 6.47. The number of benzene rings is 2. The number of nitriles is 1. The number of aliphatic hydroxyl groups is 1. The molecule has 0 spiro atoms. The number of fused-ring (bicyclic) bond motifs is 3. The molecule has 7 rings (SSSR count). The number of thiophene rings is 1. The number of hydrogen-bond donors (Lipinski definition) is 4. The molecule has 5 heterocycles. The summed E-state index contributed by atoms with van der Waals surface area (Å²) in [4.78, 5) is 20.8. The Morgan fingerprint density at radius 2 is 2.11 bits per heavy atom. The minimum atomic E-state index is -0.895. The molecule has 2 aromatic carbocycles. The van der Waals surface area contributed by atoms with Crippen LogP contribution in [0.15, 0.2) is 23.0 Å². The van der Waals surface area contributed by atoms with Crippen LogP contribution in [0.5, 0.6) is 6.01 Å². The first kappa shape index (κ1) is 32.0. The number of alkyl halides is 1. The predicted octanol–water partition coefficient (Wildman–Crippen LogP) is 5.12. The third-order valence-electron chi connectivity index (χ3n) is 8.11. The van der Waals surface area contributed by atoms with E-state index in [1.165, 1.54) is 38.5 Å². The molecule has 0 bridgehead atoms. The second-order valence-electron chi connectivity index (χ2n) is 10.9. The molecule has 4 aromatic rings. The second-order valence-corrected chi connectivity index (χ2v) is 12.3. The first-order chi connectivity index (χ1) is 21.2. The van der Waals surface area contributed by atoms with Crippen LogP contribution >= 0.6 is 22.9 Å². The van der Waals surface area contributed by atoms with Crippen molar-refractivity contribution < 1.29 is 23.0 Å². The molecule has 9 nitrogen and oxygen atoms in total. The maximum absolute atomic E-state index is 15.4. The third-order valence-corrected chi connectivity index (χ3v) is 9.43. The van der Waals surface area contributed by atoms with Gasteiger partial charge in [0.1, 0.15) is 28.6 Å². The van der Waals surface area contributed by atoms with E-state index in [0.717, 1.165) is 43.3 Å². The highest BCUT2D eigenvalue weighted by atomic mass is 35.5. The van der Waals surface area contributed by atoms with E-state index in [1.807, 2.05) is 6.07 Å². The summed E-state index contributed by atoms with van der Waals surface area (Å²) >= 11 is 7.16. The van der Waals surface area contributed by atoms with Crippen LogP contribution in [0.25, 0.3) is 32.1 Å². The molecule has 0 amide bonds. The molecule has 14 heteroatoms. The summed E-state index contributed by atoms with van der Waals surface area (Å²) in [6.07, 6.45) is 5.19. The summed E-state index contributed by atoms with van der Waals surface area (Å²) in [7, 11) is 1.27. The number of nitrogens with zero attached hydrogens (tertiary/aromatic N) is 3. The lowest BCUT2D eigenvalue weighted by atomic mass is 9.97. The molecule has 3 aliphatic rings. The van der Waals surface area contributed by atoms with Gasteiger partial charge in [0.05, 0.1) is 34.4 Å². The fourth-order valence-corrected chi connectivity index (χ4v) is 7.22. The van der Waals surface area contributed by atoms with Crippen molar-refractivity contribution in [3.8, 4) is 23.2 Å². The smallest absolute Gasteiger partial charge is 0.296 e. The highest BCUT2D eigenvalue weighted by Gasteiger charge is 2.34. The molecule has 3 aliphatic heterocycles. The highest BCUT2D eigenvalue weighted by molar-refractivity contribution is 7.23. The number of aliphatic hydroxyl groups excluding tert-OH is 1. The molecule has 44 heavy (non-hydrogen) atoms. The van der Waals surface area contributed by atoms with Gasteiger partial charge >= 0.3 is 0 Å². The number of ether oxygens (including phenoxy) is 1. The van der Waals surface area contributed by atoms with Crippen LogP contribution in [0, 0.1) is 23.0 Å². The lowest BCUT2D eigenvalue weighted by molar-refractivity contribution is 0.255. The van der Waals surface area contributed by atoms with Crippen molar-refractivity contribution in [2.24, 2.45) is 0 Å². The number of rotatable bonds is 3. The molecular formula is C30H32ClF3N6O3S. The SMILES string of the molecule is COc1nc2c(F)c(-c3ccc(F)c4sc(N)c(C#N)c34)c(Cl)cc2c(=O)[nH]1.FC1CC2CCCN2C1.OCC1CCCN1. The van der Waals surface area contributed by atoms with Crippen molar-refractivity contribution in [1.29, 1.82) is 5.26 Å². The van der Waals surface area contributed by atoms with Gasteiger partial charge in [-0.05, 0) is 62.9 Å². The Morgan fingerprint density at radius 1 is 1.32 bits per heavy atom. The molecule has 3 fully saturated rings. The van der Waals surface area contributed by atoms with E-state index in [2.05, 4.69) is 20.2 Å². The minimum absolute atomic E-state index is 0.0292. The van der Waals surface area contributed by atoms with Gasteiger partial charge in [0.25, 0.3) is 11.6 Å². The Morgan fingerprint density at radius 3 is 2.75 bits per heavy atom. The Kier molecular flexibility index (Phi) is 9.97. The Hall–Kier alpha value is -3.41. The molecule has 0 radical (unpaired) electrons. The van der Waals surface area contributed by atoms with Crippen LogP contribution in [-0.4, -0.2) is 71.6 Å². The fraction of sp³-hybridized carbons (Fsp3) is 0.433. The van der Waals surface area contributed by atoms with Crippen LogP contribution in [0.3, 0.4) is 0 Å². The Labute approximate surface area is 260 Å². The van der Waals surface area contributed by atoms with Gasteiger partial charge in [-0.25, -0.2) is 13.2 Å². The summed E-state index contributed by atoms with van der Waals surface area (Å²) in [5, 5.41) is 21.2. The number of aromatic amines is 1. The number of nitrogens with two attached hydrogens (primary N) is 1. The van der Waals surface area contributed by atoms with Crippen LogP contribution in [0.2, 0.25) is 5.02 Å². The van der Waals surface area contributed by atoms with Crippen LogP contribution < -0.4 is 21.3 Å². The topological polar surface area (TPSA) is 140 Å². The number of anilines is 1. The van der Waals surface area contributed by atoms with Crippen molar-refractivity contribution in [2.75, 3.05) is 39.1 Å². The molecule has 5 N–H and O–H groups in total. The number of H-pyrrole nitrogens is 1. The van der Waals surface area contributed by atoms with Crippen LogP contribution in [0.1, 0.15) is 37.7 Å². The van der Waals surface area contributed by atoms with Gasteiger partial charge in [0.2, 0.25) is 0 Å². The van der Waals surface area contributed by atoms with Gasteiger partial charge in [-0.2, -0.15) is 10.2 Å². The van der Waals surface area contributed by atoms with Crippen molar-refractivity contribution in [3.63, 3.8) is 0 Å². The van der Waals surface area contributed by atoms with Gasteiger partial charge in [0, 0.05) is 29.6 Å². The van der Waals surface area contributed by atoms with Crippen molar-refractivity contribution in [2.45, 2.75) is 50.4 Å². The van der Waals surface area contributed by atoms with E-state index in [9.17, 15) is 18.8 Å². The molecule has 3 atom stereocenters. The first-order valence-corrected chi connectivity index (χ1v) is 15.5. The summed E-state index contributed by atoms with van der Waals surface area (Å²) in [6.45, 7) is 3.25. The first-order valence-electron chi connectivity index (χ1n) is 14.3. The maximum atomic E-state index is 15.4. The molecule has 3 unspecified atom stereocenters. The molecule has 234 valence electrons. The zero-order chi connectivity index (χ0) is 31.5. The van der Waals surface area contributed by atoms with E-state index >= 15 is 4.39 Å². The molecule has 2 aromatic heterocycles. The average Bonchev–Trinajstić information content (AvgIpc) is 3.80. The number of aromatic nitrogens is 2. The van der Waals surface area contributed by atoms with Gasteiger partial charge < -0.3 is 20.9 Å². The lowest BCUT2D eigenvalue weighted by Gasteiger charge is -2.11. The number of hydrogen-bond acceptors (Lipinski definition) is 9. The standard InChI is InChI=1S/C18H9ClF2N4O2S.C7H12FN.C5H11NO/c1-27-18-24-14-7(17(26)25-18)4-9(19)12(13(14)21)6-2-3-10(20)15-11(6)8(5-22)16(23)28-15;8-6-4-7-2-1-3-9(7)5-6;7-4-5-2-1-3-6-5/h2-4H,23H2,1H3,(H,24,25,26);6-7H,1-5H2;5-7H,1-4H2. The van der Waals surface area contributed by atoms with Crippen LogP contribution in [0.4, 0.5) is 18.2 Å². The van der Waals surface area contributed by atoms with Crippen molar-refractivity contribution in [3.05, 3.63) is 50.8 Å². The quantitative estimate of drug-likeness (QED) is 0.240. The normalized spacial score (nSPS) is 21.0. The van der Waals surface area contributed by atoms with Gasteiger partial charge in [-0.15, -0.1) is 11.3 Å². The zero-order valence-electron chi connectivity index (χ0n) is 23.9. The number of methoxy groups -OCH3 is 1. The van der Waals surface area contributed by atoms with E-state index in [0.29, 0.717) is 25.2 Å². The Balaban J connectivity index is 0.000000193. The molecule has 0 saturated carbocycles. The number of nitrogen functional groups attached to an aromatic ring is 1. The zero-order valence-corrected chi connectivity index (χ0v) is 25.5. The maximum Gasteiger partial charge on any atom is 0.296 e. The molecular weight excluding hydrogens is 617 g/mol. The summed E-state index contributed by atoms with van der Waals surface area (Å²) < 4.78 is 47.3. The van der Waals surface area contributed by atoms with E-state index in [-0.39, 0.29) is 53.7 Å². The number of nitrogens with one attached hydrogen (secondary N) is 2. The van der Waals surface area contributed by atoms with Gasteiger partial charge in [-0.3, -0.25) is 14.7 Å². The fourth-order valence-electron chi connectivity index (χ4n) is 5.98. The van der Waals surface area contributed by atoms with Crippen molar-refractivity contribution >= 4 is 48.9 Å². The highest BCUT2D eigenvalue weighted by Crippen LogP contribution is 2.44. The summed E-state index contributed by atoms with van der Waals surface area (Å²) in [5.41, 5.74) is 5.02. The second kappa shape index (κ2) is 13.7. The predicted molar refractivity (Wildman–Crippen MR) is 166 cm³/mol. The van der Waals surface area contributed by atoms with Gasteiger partial charge in [-0.1, -0.05) is 17.7 Å². The van der Waals surface area contributed by atoms with Crippen LogP contribution in [-0.2, 0) is 0 Å². The lowest BCUT2D eigenvalue weighted by Crippen LogP contribution is -2.24. The number of halogens is 4. The third kappa shape index (κ3) is 6.36.